The highest BCUT2D eigenvalue weighted by Gasteiger charge is 2.92. The predicted octanol–water partition coefficient (Wildman–Crippen LogP) is 1.04. The topological polar surface area (TPSA) is 286 Å². The van der Waals surface area contributed by atoms with Crippen LogP contribution in [0.1, 0.15) is 94.7 Å². The van der Waals surface area contributed by atoms with Gasteiger partial charge in [-0.3, -0.25) is 29.0 Å². The fraction of sp³-hybridized carbons (Fsp3) is 0.585. The number of cyclic esters (lactones) is 1. The molecule has 2 N–H and O–H groups in total. The zero-order valence-corrected chi connectivity index (χ0v) is 35.2. The average molecular weight is 874 g/mol. The number of carbonyl (C=O) groups excluding carboxylic acids is 8. The molecule has 4 heterocycles. The molecule has 0 amide bonds. The highest BCUT2D eigenvalue weighted by Crippen LogP contribution is 2.70. The molecule has 2 aromatic heterocycles. The number of hydrogen-bond donors (Lipinski definition) is 2. The van der Waals surface area contributed by atoms with Crippen LogP contribution in [0.15, 0.2) is 41.3 Å². The van der Waals surface area contributed by atoms with Crippen molar-refractivity contribution >= 4 is 47.8 Å². The molecule has 62 heavy (non-hydrogen) atoms. The summed E-state index contributed by atoms with van der Waals surface area (Å²) in [6.07, 6.45) is -9.28. The van der Waals surface area contributed by atoms with Gasteiger partial charge < -0.3 is 57.3 Å². The van der Waals surface area contributed by atoms with Crippen molar-refractivity contribution in [1.82, 2.24) is 4.98 Å². The zero-order chi connectivity index (χ0) is 45.9. The summed E-state index contributed by atoms with van der Waals surface area (Å²) in [6.45, 7) is 7.43. The first-order valence-electron chi connectivity index (χ1n) is 19.4. The van der Waals surface area contributed by atoms with Crippen molar-refractivity contribution in [2.75, 3.05) is 13.2 Å². The number of nitrogens with zero attached hydrogens (tertiary/aromatic N) is 1. The van der Waals surface area contributed by atoms with E-state index in [0.717, 1.165) is 60.9 Å². The third-order valence-corrected chi connectivity index (χ3v) is 12.3. The number of ether oxygens (including phenoxy) is 9. The Kier molecular flexibility index (Phi) is 11.8. The molecule has 0 aromatic carbocycles. The molecule has 2 aromatic rings. The van der Waals surface area contributed by atoms with E-state index in [1.165, 1.54) is 38.2 Å². The molecular formula is C41H47NO20. The van der Waals surface area contributed by atoms with E-state index in [2.05, 4.69) is 4.98 Å². The molecule has 6 rings (SSSR count). The Labute approximate surface area is 353 Å². The maximum atomic E-state index is 14.6. The monoisotopic (exact) mass is 873 g/mol. The van der Waals surface area contributed by atoms with E-state index in [0.29, 0.717) is 0 Å². The summed E-state index contributed by atoms with van der Waals surface area (Å²) < 4.78 is 59.8. The second-order valence-corrected chi connectivity index (χ2v) is 16.4. The van der Waals surface area contributed by atoms with E-state index in [9.17, 15) is 48.6 Å². The Bertz CT molecular complexity index is 2170. The van der Waals surface area contributed by atoms with Gasteiger partial charge in [-0.1, -0.05) is 6.92 Å². The van der Waals surface area contributed by atoms with Crippen molar-refractivity contribution in [2.24, 2.45) is 11.3 Å². The van der Waals surface area contributed by atoms with Crippen LogP contribution in [0.3, 0.4) is 0 Å². The van der Waals surface area contributed by atoms with Gasteiger partial charge in [0.15, 0.2) is 35.6 Å². The lowest BCUT2D eigenvalue weighted by Crippen LogP contribution is -2.89. The van der Waals surface area contributed by atoms with Crippen molar-refractivity contribution in [3.05, 3.63) is 53.7 Å². The highest BCUT2D eigenvalue weighted by molar-refractivity contribution is 5.92. The summed E-state index contributed by atoms with van der Waals surface area (Å²) in [5.41, 5.74) is -13.6. The van der Waals surface area contributed by atoms with Crippen molar-refractivity contribution in [3.8, 4) is 0 Å². The first-order chi connectivity index (χ1) is 28.9. The second kappa shape index (κ2) is 16.1. The minimum Gasteiger partial charge on any atom is -0.459 e. The summed E-state index contributed by atoms with van der Waals surface area (Å²) >= 11 is 0. The third-order valence-electron chi connectivity index (χ3n) is 12.3. The summed E-state index contributed by atoms with van der Waals surface area (Å²) in [5.74, 6) is -12.6. The number of furan rings is 1. The Morgan fingerprint density at radius 1 is 0.806 bits per heavy atom. The van der Waals surface area contributed by atoms with Gasteiger partial charge >= 0.3 is 47.8 Å². The molecule has 21 heteroatoms. The van der Waals surface area contributed by atoms with Crippen LogP contribution in [0.4, 0.5) is 0 Å². The molecule has 3 fully saturated rings. The van der Waals surface area contributed by atoms with Crippen LogP contribution in [-0.4, -0.2) is 135 Å². The summed E-state index contributed by atoms with van der Waals surface area (Å²) in [4.78, 5) is 113. The van der Waals surface area contributed by atoms with Gasteiger partial charge in [0.1, 0.15) is 42.0 Å². The van der Waals surface area contributed by atoms with Gasteiger partial charge in [-0.15, -0.1) is 0 Å². The zero-order valence-electron chi connectivity index (χ0n) is 35.2. The maximum Gasteiger partial charge on any atom is 0.374 e. The molecule has 2 aliphatic carbocycles. The molecule has 0 unspecified atom stereocenters. The van der Waals surface area contributed by atoms with E-state index >= 15 is 0 Å². The first-order valence-corrected chi connectivity index (χ1v) is 19.4. The maximum absolute atomic E-state index is 14.6. The second-order valence-electron chi connectivity index (χ2n) is 16.4. The van der Waals surface area contributed by atoms with Crippen LogP contribution in [0.2, 0.25) is 0 Å². The molecule has 2 saturated carbocycles. The van der Waals surface area contributed by atoms with Gasteiger partial charge in [0.05, 0.1) is 17.7 Å². The lowest BCUT2D eigenvalue weighted by Gasteiger charge is -2.67. The van der Waals surface area contributed by atoms with Gasteiger partial charge in [0, 0.05) is 52.9 Å². The molecule has 2 aliphatic heterocycles. The van der Waals surface area contributed by atoms with Crippen molar-refractivity contribution in [3.63, 3.8) is 0 Å². The predicted molar refractivity (Wildman–Crippen MR) is 199 cm³/mol. The number of aliphatic hydroxyl groups is 2. The molecule has 4 bridgehead atoms. The number of esters is 8. The number of hydrogen-bond acceptors (Lipinski definition) is 21. The van der Waals surface area contributed by atoms with Crippen molar-refractivity contribution in [2.45, 2.75) is 127 Å². The highest BCUT2D eigenvalue weighted by atomic mass is 16.7. The molecule has 336 valence electrons. The van der Waals surface area contributed by atoms with E-state index in [4.69, 9.17) is 47.0 Å². The number of carbonyl (C=O) groups is 8. The molecule has 4 aliphatic rings. The van der Waals surface area contributed by atoms with Crippen LogP contribution in [0.5, 0.6) is 0 Å². The van der Waals surface area contributed by atoms with Crippen LogP contribution < -0.4 is 0 Å². The average Bonchev–Trinajstić information content (AvgIpc) is 3.79. The number of rotatable bonds is 8. The molecule has 13 atom stereocenters. The fourth-order valence-corrected chi connectivity index (χ4v) is 9.72. The first kappa shape index (κ1) is 45.6. The largest absolute Gasteiger partial charge is 0.459 e. The Morgan fingerprint density at radius 3 is 1.94 bits per heavy atom. The van der Waals surface area contributed by atoms with Crippen LogP contribution in [-0.2, 0) is 71.4 Å². The number of fused-ring (bicyclic) bond motifs is 5. The van der Waals surface area contributed by atoms with Gasteiger partial charge in [0.25, 0.3) is 0 Å². The van der Waals surface area contributed by atoms with Gasteiger partial charge in [-0.2, -0.15) is 0 Å². The third kappa shape index (κ3) is 7.14. The Balaban J connectivity index is 1.80. The summed E-state index contributed by atoms with van der Waals surface area (Å²) in [6, 6.07) is 3.92. The smallest absolute Gasteiger partial charge is 0.374 e. The quantitative estimate of drug-likeness (QED) is 0.277. The van der Waals surface area contributed by atoms with E-state index in [1.54, 1.807) is 0 Å². The molecule has 1 saturated heterocycles. The fourth-order valence-electron chi connectivity index (χ4n) is 9.72. The SMILES string of the molecule is CC(=O)O[C@@H]1[C@@H]2[C@@H](OC(C)=O)[C@@]34O[C@@]2(C)COC(=O)c2cnccc2[C@H](C)[C@](C)(O)C(=O)O[C@@H]([C@H](OC(C)=O)[C@H](OC(C)=O)[C@@]3(COC(=O)c2ccco2)[C@@H]1OC(C)=O)[C@]4(C)O. The molecule has 1 spiro atoms. The Morgan fingerprint density at radius 2 is 1.37 bits per heavy atom. The van der Waals surface area contributed by atoms with Gasteiger partial charge in [-0.25, -0.2) is 14.4 Å². The summed E-state index contributed by atoms with van der Waals surface area (Å²) in [5, 5.41) is 25.6. The van der Waals surface area contributed by atoms with Crippen molar-refractivity contribution in [1.29, 1.82) is 0 Å². The van der Waals surface area contributed by atoms with Gasteiger partial charge in [0.2, 0.25) is 5.76 Å². The minimum absolute atomic E-state index is 0.0457. The number of aromatic nitrogens is 1. The standard InChI is InChI=1S/C41H47NO20/c1-18-24-12-13-42-15-25(24)34(48)54-16-37(7)27-28(56-19(2)43)32(59-22(5)46)40(17-55-35(49)26-11-10-14-53-26)33(60-23(6)47)29(57-20(3)44)31(61-36(50)38(18,8)51)39(9,52)41(40,62-37)30(27)58-21(4)45/h10-15,18,27-33,51-52H,16-17H2,1-9H3/t18-,27+,28+,29-,30+,31-,32+,33-,37-,38-,39-,40+,41-/m0/s1. The molecule has 0 radical (unpaired) electrons. The van der Waals surface area contributed by atoms with Crippen LogP contribution in [0.25, 0.3) is 0 Å². The molecular weight excluding hydrogens is 826 g/mol. The lowest BCUT2D eigenvalue weighted by atomic mass is 9.45. The lowest BCUT2D eigenvalue weighted by molar-refractivity contribution is -0.387. The van der Waals surface area contributed by atoms with Crippen molar-refractivity contribution < 1.29 is 95.6 Å². The van der Waals surface area contributed by atoms with Crippen LogP contribution in [0, 0.1) is 11.3 Å². The van der Waals surface area contributed by atoms with E-state index in [-0.39, 0.29) is 16.9 Å². The Hall–Kier alpha value is -5.93. The van der Waals surface area contributed by atoms with Crippen LogP contribution >= 0.6 is 0 Å². The van der Waals surface area contributed by atoms with Gasteiger partial charge in [-0.05, 0) is 44.5 Å². The normalized spacial score (nSPS) is 37.3. The minimum atomic E-state index is -3.00. The number of pyridine rings is 1. The summed E-state index contributed by atoms with van der Waals surface area (Å²) in [7, 11) is 0. The van der Waals surface area contributed by atoms with E-state index < -0.39 is 137 Å². The van der Waals surface area contributed by atoms with E-state index in [1.807, 2.05) is 0 Å². The molecule has 21 nitrogen and oxygen atoms in total.